The standard InChI is InChI=1S/C19H25NO4/c1-14-5-3-6-15(11-14)19(8-9-19)16(21)20-10-4-7-18(12-20,13-24-2)17(22)23/h3,5-6,11H,4,7-10,12-13H2,1-2H3,(H,22,23). The Bertz CT molecular complexity index is 649. The Balaban J connectivity index is 1.83. The van der Waals surface area contributed by atoms with Gasteiger partial charge < -0.3 is 14.7 Å². The molecule has 0 spiro atoms. The number of carboxylic acid groups (broad SMARTS) is 1. The van der Waals surface area contributed by atoms with Gasteiger partial charge in [-0.05, 0) is 38.2 Å². The van der Waals surface area contributed by atoms with Gasteiger partial charge in [-0.2, -0.15) is 0 Å². The zero-order valence-electron chi connectivity index (χ0n) is 14.4. The number of carbonyl (C=O) groups excluding carboxylic acids is 1. The number of carboxylic acids is 1. The van der Waals surface area contributed by atoms with Crippen molar-refractivity contribution in [1.29, 1.82) is 0 Å². The first-order valence-corrected chi connectivity index (χ1v) is 8.52. The number of amides is 1. The Kier molecular flexibility index (Phi) is 4.38. The highest BCUT2D eigenvalue weighted by molar-refractivity contribution is 5.92. The number of hydrogen-bond donors (Lipinski definition) is 1. The van der Waals surface area contributed by atoms with Crippen LogP contribution in [0.2, 0.25) is 0 Å². The first-order valence-electron chi connectivity index (χ1n) is 8.52. The molecule has 5 heteroatoms. The largest absolute Gasteiger partial charge is 0.481 e. The van der Waals surface area contributed by atoms with Crippen molar-refractivity contribution in [3.8, 4) is 0 Å². The number of hydrogen-bond acceptors (Lipinski definition) is 3. The molecule has 1 saturated heterocycles. The number of aryl methyl sites for hydroxylation is 1. The third-order valence-corrected chi connectivity index (χ3v) is 5.47. The number of methoxy groups -OCH3 is 1. The number of likely N-dealkylation sites (tertiary alicyclic amines) is 1. The SMILES string of the molecule is COCC1(C(=O)O)CCCN(C(=O)C2(c3cccc(C)c3)CC2)C1. The summed E-state index contributed by atoms with van der Waals surface area (Å²) in [5.41, 5.74) is 0.779. The summed E-state index contributed by atoms with van der Waals surface area (Å²) in [5.74, 6) is -0.795. The minimum atomic E-state index is -0.981. The van der Waals surface area contributed by atoms with Gasteiger partial charge in [0.15, 0.2) is 0 Å². The number of ether oxygens (including phenoxy) is 1. The van der Waals surface area contributed by atoms with E-state index < -0.39 is 16.8 Å². The lowest BCUT2D eigenvalue weighted by molar-refractivity contribution is -0.159. The molecule has 1 unspecified atom stereocenters. The maximum Gasteiger partial charge on any atom is 0.313 e. The van der Waals surface area contributed by atoms with Crippen LogP contribution in [0.1, 0.15) is 36.8 Å². The van der Waals surface area contributed by atoms with Crippen molar-refractivity contribution >= 4 is 11.9 Å². The van der Waals surface area contributed by atoms with Gasteiger partial charge >= 0.3 is 5.97 Å². The Morgan fingerprint density at radius 3 is 2.62 bits per heavy atom. The van der Waals surface area contributed by atoms with Gasteiger partial charge in [0, 0.05) is 20.2 Å². The lowest BCUT2D eigenvalue weighted by Gasteiger charge is -2.41. The minimum absolute atomic E-state index is 0.0783. The highest BCUT2D eigenvalue weighted by Gasteiger charge is 2.55. The highest BCUT2D eigenvalue weighted by Crippen LogP contribution is 2.50. The van der Waals surface area contributed by atoms with Crippen molar-refractivity contribution in [3.05, 3.63) is 35.4 Å². The summed E-state index contributed by atoms with van der Waals surface area (Å²) in [6.45, 7) is 3.04. The molecule has 3 rings (SSSR count). The van der Waals surface area contributed by atoms with Gasteiger partial charge in [-0.3, -0.25) is 9.59 Å². The van der Waals surface area contributed by atoms with Crippen molar-refractivity contribution in [2.45, 2.75) is 38.0 Å². The molecule has 2 aliphatic rings. The lowest BCUT2D eigenvalue weighted by Crippen LogP contribution is -2.54. The van der Waals surface area contributed by atoms with Crippen LogP contribution in [0.5, 0.6) is 0 Å². The number of nitrogens with zero attached hydrogens (tertiary/aromatic N) is 1. The third kappa shape index (κ3) is 2.81. The Hall–Kier alpha value is -1.88. The van der Waals surface area contributed by atoms with E-state index in [0.29, 0.717) is 19.4 Å². The van der Waals surface area contributed by atoms with Gasteiger partial charge in [0.25, 0.3) is 0 Å². The minimum Gasteiger partial charge on any atom is -0.481 e. The molecule has 2 fully saturated rings. The fourth-order valence-electron chi connectivity index (χ4n) is 3.93. The second-order valence-corrected chi connectivity index (χ2v) is 7.30. The van der Waals surface area contributed by atoms with E-state index in [-0.39, 0.29) is 19.1 Å². The maximum atomic E-state index is 13.2. The van der Waals surface area contributed by atoms with Crippen LogP contribution in [0, 0.1) is 12.3 Å². The summed E-state index contributed by atoms with van der Waals surface area (Å²) in [5, 5.41) is 9.67. The number of benzene rings is 1. The molecule has 1 aromatic carbocycles. The van der Waals surface area contributed by atoms with Crippen molar-refractivity contribution in [2.75, 3.05) is 26.8 Å². The molecular weight excluding hydrogens is 306 g/mol. The summed E-state index contributed by atoms with van der Waals surface area (Å²) in [6, 6.07) is 8.11. The average Bonchev–Trinajstić information content (AvgIpc) is 3.36. The van der Waals surface area contributed by atoms with Gasteiger partial charge in [-0.1, -0.05) is 29.8 Å². The average molecular weight is 331 g/mol. The molecule has 1 amide bonds. The monoisotopic (exact) mass is 331 g/mol. The number of aliphatic carboxylic acids is 1. The molecule has 0 bridgehead atoms. The second-order valence-electron chi connectivity index (χ2n) is 7.30. The predicted molar refractivity (Wildman–Crippen MR) is 89.8 cm³/mol. The van der Waals surface area contributed by atoms with Crippen LogP contribution >= 0.6 is 0 Å². The Morgan fingerprint density at radius 2 is 2.04 bits per heavy atom. The zero-order valence-corrected chi connectivity index (χ0v) is 14.4. The molecule has 1 aliphatic carbocycles. The summed E-state index contributed by atoms with van der Waals surface area (Å²) in [4.78, 5) is 26.8. The summed E-state index contributed by atoms with van der Waals surface area (Å²) < 4.78 is 5.16. The normalized spacial score (nSPS) is 25.3. The molecule has 1 aliphatic heterocycles. The van der Waals surface area contributed by atoms with E-state index in [4.69, 9.17) is 4.74 Å². The molecule has 24 heavy (non-hydrogen) atoms. The zero-order chi connectivity index (χ0) is 17.4. The van der Waals surface area contributed by atoms with E-state index in [1.165, 1.54) is 7.11 Å². The predicted octanol–water partition coefficient (Wildman–Crippen LogP) is 2.37. The molecule has 0 radical (unpaired) electrons. The van der Waals surface area contributed by atoms with Gasteiger partial charge in [0.1, 0.15) is 5.41 Å². The summed E-state index contributed by atoms with van der Waals surface area (Å²) in [7, 11) is 1.51. The first kappa shape index (κ1) is 17.0. The van der Waals surface area contributed by atoms with Crippen molar-refractivity contribution in [3.63, 3.8) is 0 Å². The van der Waals surface area contributed by atoms with E-state index in [9.17, 15) is 14.7 Å². The van der Waals surface area contributed by atoms with Crippen molar-refractivity contribution < 1.29 is 19.4 Å². The molecule has 1 aromatic rings. The molecule has 1 atom stereocenters. The fourth-order valence-corrected chi connectivity index (χ4v) is 3.93. The van der Waals surface area contributed by atoms with Crippen LogP contribution in [-0.2, 0) is 19.7 Å². The van der Waals surface area contributed by atoms with Gasteiger partial charge in [-0.25, -0.2) is 0 Å². The molecule has 1 saturated carbocycles. The molecule has 130 valence electrons. The lowest BCUT2D eigenvalue weighted by atomic mass is 9.79. The molecule has 1 heterocycles. The molecule has 5 nitrogen and oxygen atoms in total. The first-order chi connectivity index (χ1) is 11.4. The second kappa shape index (κ2) is 6.20. The van der Waals surface area contributed by atoms with Crippen molar-refractivity contribution in [2.24, 2.45) is 5.41 Å². The number of rotatable bonds is 5. The van der Waals surface area contributed by atoms with Crippen LogP contribution in [0.3, 0.4) is 0 Å². The maximum absolute atomic E-state index is 13.2. The molecular formula is C19H25NO4. The number of piperidine rings is 1. The van der Waals surface area contributed by atoms with Crippen LogP contribution < -0.4 is 0 Å². The van der Waals surface area contributed by atoms with Gasteiger partial charge in [-0.15, -0.1) is 0 Å². The smallest absolute Gasteiger partial charge is 0.313 e. The van der Waals surface area contributed by atoms with Crippen LogP contribution in [-0.4, -0.2) is 48.7 Å². The van der Waals surface area contributed by atoms with Gasteiger partial charge in [0.2, 0.25) is 5.91 Å². The summed E-state index contributed by atoms with van der Waals surface area (Å²) >= 11 is 0. The molecule has 0 aromatic heterocycles. The van der Waals surface area contributed by atoms with E-state index >= 15 is 0 Å². The van der Waals surface area contributed by atoms with Crippen LogP contribution in [0.25, 0.3) is 0 Å². The number of carbonyl (C=O) groups is 2. The van der Waals surface area contributed by atoms with Crippen molar-refractivity contribution in [1.82, 2.24) is 4.90 Å². The van der Waals surface area contributed by atoms with E-state index in [1.807, 2.05) is 25.1 Å². The van der Waals surface area contributed by atoms with E-state index in [1.54, 1.807) is 4.90 Å². The van der Waals surface area contributed by atoms with E-state index in [2.05, 4.69) is 6.07 Å². The highest BCUT2D eigenvalue weighted by atomic mass is 16.5. The van der Waals surface area contributed by atoms with Gasteiger partial charge in [0.05, 0.1) is 12.0 Å². The Labute approximate surface area is 142 Å². The molecule has 1 N–H and O–H groups in total. The topological polar surface area (TPSA) is 66.8 Å². The van der Waals surface area contributed by atoms with Crippen LogP contribution in [0.15, 0.2) is 24.3 Å². The third-order valence-electron chi connectivity index (χ3n) is 5.47. The fraction of sp³-hybridized carbons (Fsp3) is 0.579. The summed E-state index contributed by atoms with van der Waals surface area (Å²) in [6.07, 6.45) is 2.94. The Morgan fingerprint density at radius 1 is 1.29 bits per heavy atom. The quantitative estimate of drug-likeness (QED) is 0.899. The van der Waals surface area contributed by atoms with Crippen LogP contribution in [0.4, 0.5) is 0 Å². The van der Waals surface area contributed by atoms with E-state index in [0.717, 1.165) is 24.0 Å².